The van der Waals surface area contributed by atoms with Crippen LogP contribution in [0.3, 0.4) is 0 Å². The van der Waals surface area contributed by atoms with Crippen LogP contribution in [0.1, 0.15) is 55.8 Å². The van der Waals surface area contributed by atoms with Crippen LogP contribution in [0.25, 0.3) is 0 Å². The number of alkyl halides is 2. The van der Waals surface area contributed by atoms with E-state index >= 15 is 0 Å². The first-order valence-corrected chi connectivity index (χ1v) is 11.3. The van der Waals surface area contributed by atoms with Gasteiger partial charge in [-0.2, -0.15) is 0 Å². The normalized spacial score (nSPS) is 28.2. The molecule has 0 aromatic heterocycles. The van der Waals surface area contributed by atoms with E-state index in [1.807, 2.05) is 24.3 Å². The Morgan fingerprint density at radius 3 is 2.53 bits per heavy atom. The van der Waals surface area contributed by atoms with E-state index < -0.39 is 17.7 Å². The maximum Gasteiger partial charge on any atom is 0.260 e. The summed E-state index contributed by atoms with van der Waals surface area (Å²) in [5.41, 5.74) is 1.62. The number of carbonyl (C=O) groups is 1. The molecule has 4 nitrogen and oxygen atoms in total. The van der Waals surface area contributed by atoms with Gasteiger partial charge in [-0.15, -0.1) is 0 Å². The van der Waals surface area contributed by atoms with E-state index in [0.29, 0.717) is 24.8 Å². The molecule has 7 heteroatoms. The van der Waals surface area contributed by atoms with Crippen molar-refractivity contribution in [3.8, 4) is 11.5 Å². The van der Waals surface area contributed by atoms with E-state index in [1.165, 1.54) is 6.07 Å². The van der Waals surface area contributed by atoms with Crippen molar-refractivity contribution in [2.75, 3.05) is 0 Å². The van der Waals surface area contributed by atoms with Crippen molar-refractivity contribution in [2.45, 2.75) is 69.1 Å². The molecule has 2 saturated carbocycles. The molecule has 170 valence electrons. The minimum atomic E-state index is -2.82. The Balaban J connectivity index is 1.13. The second-order valence-corrected chi connectivity index (χ2v) is 9.05. The lowest BCUT2D eigenvalue weighted by Crippen LogP contribution is -2.41. The number of nitrogens with one attached hydrogen (secondary N) is 1. The Hall–Kier alpha value is -2.70. The number of rotatable bonds is 5. The van der Waals surface area contributed by atoms with Gasteiger partial charge in [0, 0.05) is 18.0 Å². The van der Waals surface area contributed by atoms with E-state index in [4.69, 9.17) is 9.47 Å². The molecule has 32 heavy (non-hydrogen) atoms. The van der Waals surface area contributed by atoms with Gasteiger partial charge in [-0.05, 0) is 68.4 Å². The Labute approximate surface area is 185 Å². The van der Waals surface area contributed by atoms with Gasteiger partial charge < -0.3 is 14.8 Å². The van der Waals surface area contributed by atoms with E-state index in [1.54, 1.807) is 12.1 Å². The molecule has 0 bridgehead atoms. The Morgan fingerprint density at radius 1 is 1.06 bits per heavy atom. The van der Waals surface area contributed by atoms with Gasteiger partial charge in [0.1, 0.15) is 29.3 Å². The number of benzene rings is 2. The monoisotopic (exact) mass is 445 g/mol. The number of ether oxygens (including phenoxy) is 2. The molecule has 2 aromatic carbocycles. The molecule has 1 amide bonds. The van der Waals surface area contributed by atoms with Crippen molar-refractivity contribution in [1.82, 2.24) is 5.32 Å². The average molecular weight is 445 g/mol. The minimum absolute atomic E-state index is 0.0271. The van der Waals surface area contributed by atoms with Gasteiger partial charge in [0.25, 0.3) is 5.92 Å². The third kappa shape index (κ3) is 4.43. The van der Waals surface area contributed by atoms with Gasteiger partial charge in [0.2, 0.25) is 5.91 Å². The maximum atomic E-state index is 14.1. The summed E-state index contributed by atoms with van der Waals surface area (Å²) in [6, 6.07) is 12.4. The van der Waals surface area contributed by atoms with E-state index in [0.717, 1.165) is 36.3 Å². The lowest BCUT2D eigenvalue weighted by molar-refractivity contribution is -0.125. The molecule has 0 spiro atoms. The molecular formula is C25H26F3NO3. The molecule has 1 heterocycles. The third-order valence-electron chi connectivity index (χ3n) is 6.69. The van der Waals surface area contributed by atoms with Crippen molar-refractivity contribution in [2.24, 2.45) is 5.92 Å². The van der Waals surface area contributed by atoms with Crippen LogP contribution in [-0.4, -0.2) is 24.0 Å². The van der Waals surface area contributed by atoms with E-state index in [9.17, 15) is 18.0 Å². The highest BCUT2D eigenvalue weighted by atomic mass is 19.3. The summed E-state index contributed by atoms with van der Waals surface area (Å²) in [6.07, 6.45) is 3.82. The summed E-state index contributed by atoms with van der Waals surface area (Å²) in [6.45, 7) is 0. The molecule has 2 fully saturated rings. The Kier molecular flexibility index (Phi) is 5.51. The van der Waals surface area contributed by atoms with Gasteiger partial charge in [0.05, 0.1) is 6.10 Å². The minimum Gasteiger partial charge on any atom is -0.490 e. The second-order valence-electron chi connectivity index (χ2n) is 9.05. The number of halogens is 3. The standard InChI is InChI=1S/C25H26F3NO3/c26-21-4-2-1-3-19(21)23-11-5-15-13-18(10-12-22(15)32-23)31-17-8-6-16(7-9-17)29-24(30)20-14-25(20,27)28/h1-4,10,12-13,16-17,20,23H,5-9,11,14H2,(H,29,30)/t16-,17-,20?,23?. The van der Waals surface area contributed by atoms with Crippen LogP contribution in [0.15, 0.2) is 42.5 Å². The molecule has 2 aliphatic carbocycles. The highest BCUT2D eigenvalue weighted by Crippen LogP contribution is 2.48. The van der Waals surface area contributed by atoms with E-state index in [-0.39, 0.29) is 30.5 Å². The number of carbonyl (C=O) groups excluding carboxylic acids is 1. The summed E-state index contributed by atoms with van der Waals surface area (Å²) in [5.74, 6) is -3.23. The molecule has 0 radical (unpaired) electrons. The Morgan fingerprint density at radius 2 is 1.81 bits per heavy atom. The van der Waals surface area contributed by atoms with Gasteiger partial charge in [-0.25, -0.2) is 13.2 Å². The molecule has 1 aliphatic heterocycles. The first-order valence-electron chi connectivity index (χ1n) is 11.3. The number of hydrogen-bond acceptors (Lipinski definition) is 3. The van der Waals surface area contributed by atoms with Gasteiger partial charge in [0.15, 0.2) is 0 Å². The first-order chi connectivity index (χ1) is 15.4. The summed E-state index contributed by atoms with van der Waals surface area (Å²) in [7, 11) is 0. The van der Waals surface area contributed by atoms with Crippen LogP contribution in [0.5, 0.6) is 11.5 Å². The van der Waals surface area contributed by atoms with Crippen molar-refractivity contribution in [3.63, 3.8) is 0 Å². The molecule has 2 unspecified atom stereocenters. The molecule has 5 rings (SSSR count). The fourth-order valence-corrected chi connectivity index (χ4v) is 4.71. The highest BCUT2D eigenvalue weighted by molar-refractivity contribution is 5.83. The zero-order chi connectivity index (χ0) is 22.3. The number of aryl methyl sites for hydroxylation is 1. The van der Waals surface area contributed by atoms with Gasteiger partial charge >= 0.3 is 0 Å². The van der Waals surface area contributed by atoms with Crippen LogP contribution in [-0.2, 0) is 11.2 Å². The lowest BCUT2D eigenvalue weighted by Gasteiger charge is -2.30. The van der Waals surface area contributed by atoms with Crippen LogP contribution < -0.4 is 14.8 Å². The highest BCUT2D eigenvalue weighted by Gasteiger charge is 2.61. The zero-order valence-electron chi connectivity index (χ0n) is 17.7. The lowest BCUT2D eigenvalue weighted by atomic mass is 9.92. The maximum absolute atomic E-state index is 14.1. The summed E-state index contributed by atoms with van der Waals surface area (Å²) >= 11 is 0. The molecule has 0 saturated heterocycles. The predicted molar refractivity (Wildman–Crippen MR) is 112 cm³/mol. The summed E-state index contributed by atoms with van der Waals surface area (Å²) in [4.78, 5) is 11.9. The molecule has 2 aromatic rings. The number of fused-ring (bicyclic) bond motifs is 1. The van der Waals surface area contributed by atoms with Crippen molar-refractivity contribution < 1.29 is 27.4 Å². The largest absolute Gasteiger partial charge is 0.490 e. The number of amides is 1. The number of hydrogen-bond donors (Lipinski definition) is 1. The Bertz CT molecular complexity index is 1000. The third-order valence-corrected chi connectivity index (χ3v) is 6.69. The van der Waals surface area contributed by atoms with E-state index in [2.05, 4.69) is 5.32 Å². The van der Waals surface area contributed by atoms with Gasteiger partial charge in [-0.3, -0.25) is 4.79 Å². The quantitative estimate of drug-likeness (QED) is 0.675. The van der Waals surface area contributed by atoms with Crippen LogP contribution in [0.2, 0.25) is 0 Å². The summed E-state index contributed by atoms with van der Waals surface area (Å²) in [5, 5.41) is 2.77. The van der Waals surface area contributed by atoms with Crippen molar-refractivity contribution in [3.05, 3.63) is 59.4 Å². The van der Waals surface area contributed by atoms with Crippen LogP contribution in [0, 0.1) is 11.7 Å². The first kappa shape index (κ1) is 21.2. The van der Waals surface area contributed by atoms with Crippen LogP contribution >= 0.6 is 0 Å². The fraction of sp³-hybridized carbons (Fsp3) is 0.480. The molecule has 3 aliphatic rings. The topological polar surface area (TPSA) is 47.6 Å². The molecule has 1 N–H and O–H groups in total. The van der Waals surface area contributed by atoms with Gasteiger partial charge in [-0.1, -0.05) is 18.2 Å². The second kappa shape index (κ2) is 8.34. The molecular weight excluding hydrogens is 419 g/mol. The fourth-order valence-electron chi connectivity index (χ4n) is 4.71. The smallest absolute Gasteiger partial charge is 0.260 e. The van der Waals surface area contributed by atoms with Crippen molar-refractivity contribution in [1.29, 1.82) is 0 Å². The van der Waals surface area contributed by atoms with Crippen LogP contribution in [0.4, 0.5) is 13.2 Å². The average Bonchev–Trinajstić information content (AvgIpc) is 3.43. The molecule has 2 atom stereocenters. The van der Waals surface area contributed by atoms with Crippen molar-refractivity contribution >= 4 is 5.91 Å². The summed E-state index contributed by atoms with van der Waals surface area (Å²) < 4.78 is 52.4. The zero-order valence-corrected chi connectivity index (χ0v) is 17.7. The SMILES string of the molecule is O=C(N[C@H]1CC[C@H](Oc2ccc3c(c2)CCC(c2ccccc2F)O3)CC1)C1CC1(F)F. The predicted octanol–water partition coefficient (Wildman–Crippen LogP) is 5.35.